The van der Waals surface area contributed by atoms with Crippen molar-refractivity contribution in [3.63, 3.8) is 0 Å². The van der Waals surface area contributed by atoms with Crippen LogP contribution in [-0.4, -0.2) is 17.2 Å². The van der Waals surface area contributed by atoms with Gasteiger partial charge in [0.25, 0.3) is 0 Å². The summed E-state index contributed by atoms with van der Waals surface area (Å²) in [6.45, 7) is 0. The van der Waals surface area contributed by atoms with Gasteiger partial charge in [-0.25, -0.2) is 0 Å². The lowest BCUT2D eigenvalue weighted by Crippen LogP contribution is -2.28. The highest BCUT2D eigenvalue weighted by molar-refractivity contribution is 6.59. The Bertz CT molecular complexity index is 224. The van der Waals surface area contributed by atoms with Gasteiger partial charge in [0.1, 0.15) is 5.75 Å². The largest absolute Gasteiger partial charge is 0.524 e. The van der Waals surface area contributed by atoms with E-state index in [1.165, 1.54) is 12.1 Å². The topological polar surface area (TPSA) is 60.4 Å². The number of hydrogen-bond acceptors (Lipinski definition) is 2. The van der Waals surface area contributed by atoms with Gasteiger partial charge in [-0.3, -0.25) is 5.02 Å². The molecule has 0 unspecified atom stereocenters. The van der Waals surface area contributed by atoms with E-state index in [1.807, 2.05) is 0 Å². The molecule has 0 fully saturated rings. The molecule has 2 N–H and O–H groups in total. The third-order valence-electron chi connectivity index (χ3n) is 1.20. The summed E-state index contributed by atoms with van der Waals surface area (Å²) in [6, 6.07) is 5.90. The minimum absolute atomic E-state index is 0.0162. The van der Waals surface area contributed by atoms with Crippen LogP contribution >= 0.6 is 0 Å². The second-order valence-corrected chi connectivity index (χ2v) is 1.91. The molecule has 0 spiro atoms. The lowest BCUT2D eigenvalue weighted by Gasteiger charge is -1.98. The van der Waals surface area contributed by atoms with Gasteiger partial charge in [-0.1, -0.05) is 18.2 Å². The van der Waals surface area contributed by atoms with Crippen LogP contribution in [0.15, 0.2) is 24.3 Å². The number of phenolic OH excluding ortho intramolecular Hbond substituents is 1. The van der Waals surface area contributed by atoms with Crippen molar-refractivity contribution in [2.75, 3.05) is 0 Å². The minimum Gasteiger partial charge on any atom is -0.508 e. The van der Waals surface area contributed by atoms with E-state index < -0.39 is 7.12 Å². The Morgan fingerprint density at radius 3 is 2.30 bits per heavy atom. The number of benzene rings is 1. The highest BCUT2D eigenvalue weighted by atomic mass is 16.4. The molecule has 0 aliphatic carbocycles. The zero-order chi connectivity index (χ0) is 7.56. The van der Waals surface area contributed by atoms with E-state index in [4.69, 9.17) is 10.1 Å². The van der Waals surface area contributed by atoms with Crippen molar-refractivity contribution >= 4 is 12.6 Å². The SMILES string of the molecule is [O]B(O)c1ccccc1O. The van der Waals surface area contributed by atoms with Crippen LogP contribution in [0, 0.1) is 0 Å². The lowest BCUT2D eigenvalue weighted by molar-refractivity contribution is 0.349. The Morgan fingerprint density at radius 1 is 1.30 bits per heavy atom. The van der Waals surface area contributed by atoms with E-state index in [0.29, 0.717) is 0 Å². The Labute approximate surface area is 58.7 Å². The quantitative estimate of drug-likeness (QED) is 0.513. The molecular weight excluding hydrogens is 131 g/mol. The molecule has 3 nitrogen and oxygen atoms in total. The van der Waals surface area contributed by atoms with Crippen LogP contribution < -0.4 is 5.46 Å². The lowest BCUT2D eigenvalue weighted by atomic mass is 9.80. The van der Waals surface area contributed by atoms with E-state index in [2.05, 4.69) is 0 Å². The average Bonchev–Trinajstić information content (AvgIpc) is 1.88. The fourth-order valence-electron chi connectivity index (χ4n) is 0.696. The molecule has 0 saturated heterocycles. The molecule has 10 heavy (non-hydrogen) atoms. The van der Waals surface area contributed by atoms with Gasteiger partial charge in [0.2, 0.25) is 0 Å². The normalized spacial score (nSPS) is 9.40. The van der Waals surface area contributed by atoms with Crippen molar-refractivity contribution in [2.24, 2.45) is 0 Å². The second-order valence-electron chi connectivity index (χ2n) is 1.91. The summed E-state index contributed by atoms with van der Waals surface area (Å²) < 4.78 is 0. The summed E-state index contributed by atoms with van der Waals surface area (Å²) >= 11 is 0. The Kier molecular flexibility index (Phi) is 1.94. The maximum atomic E-state index is 10.3. The zero-order valence-electron chi connectivity index (χ0n) is 5.19. The fourth-order valence-corrected chi connectivity index (χ4v) is 0.696. The van der Waals surface area contributed by atoms with E-state index in [-0.39, 0.29) is 11.2 Å². The molecule has 51 valence electrons. The van der Waals surface area contributed by atoms with Gasteiger partial charge < -0.3 is 10.1 Å². The van der Waals surface area contributed by atoms with Crippen LogP contribution in [-0.2, 0) is 5.02 Å². The molecule has 0 aliphatic rings. The smallest absolute Gasteiger partial charge is 0.508 e. The molecule has 0 atom stereocenters. The van der Waals surface area contributed by atoms with Crippen LogP contribution in [0.1, 0.15) is 0 Å². The summed E-state index contributed by atoms with van der Waals surface area (Å²) in [4.78, 5) is 0. The van der Waals surface area contributed by atoms with Gasteiger partial charge in [0.15, 0.2) is 0 Å². The molecule has 0 aromatic heterocycles. The average molecular weight is 137 g/mol. The highest BCUT2D eigenvalue weighted by Crippen LogP contribution is 2.02. The predicted molar refractivity (Wildman–Crippen MR) is 36.4 cm³/mol. The molecule has 0 bridgehead atoms. The molecule has 1 rings (SSSR count). The summed E-state index contributed by atoms with van der Waals surface area (Å²) in [6.07, 6.45) is 0. The van der Waals surface area contributed by atoms with Crippen LogP contribution in [0.2, 0.25) is 0 Å². The van der Waals surface area contributed by atoms with Crippen molar-refractivity contribution in [3.8, 4) is 5.75 Å². The number of phenols is 1. The first-order chi connectivity index (χ1) is 4.72. The van der Waals surface area contributed by atoms with E-state index in [9.17, 15) is 5.02 Å². The van der Waals surface area contributed by atoms with Crippen LogP contribution in [0.3, 0.4) is 0 Å². The minimum atomic E-state index is -1.85. The second kappa shape index (κ2) is 2.73. The maximum Gasteiger partial charge on any atom is 0.524 e. The van der Waals surface area contributed by atoms with Gasteiger partial charge >= 0.3 is 7.12 Å². The molecular formula is C6H6BO3. The summed E-state index contributed by atoms with van der Waals surface area (Å²) in [5.41, 5.74) is 0.0162. The Morgan fingerprint density at radius 2 is 1.90 bits per heavy atom. The fraction of sp³-hybridized carbons (Fsp3) is 0. The predicted octanol–water partition coefficient (Wildman–Crippen LogP) is -0.490. The van der Waals surface area contributed by atoms with Gasteiger partial charge in [0.05, 0.1) is 0 Å². The third-order valence-corrected chi connectivity index (χ3v) is 1.20. The number of para-hydroxylation sites is 1. The first-order valence-corrected chi connectivity index (χ1v) is 2.83. The molecule has 0 aliphatic heterocycles. The number of aromatic hydroxyl groups is 1. The van der Waals surface area contributed by atoms with Gasteiger partial charge in [0, 0.05) is 5.46 Å². The van der Waals surface area contributed by atoms with E-state index in [0.717, 1.165) is 0 Å². The molecule has 1 aromatic rings. The molecule has 1 aromatic carbocycles. The van der Waals surface area contributed by atoms with Crippen molar-refractivity contribution in [2.45, 2.75) is 0 Å². The monoisotopic (exact) mass is 137 g/mol. The maximum absolute atomic E-state index is 10.3. The van der Waals surface area contributed by atoms with Crippen molar-refractivity contribution in [3.05, 3.63) is 24.3 Å². The first-order valence-electron chi connectivity index (χ1n) is 2.83. The van der Waals surface area contributed by atoms with Crippen LogP contribution in [0.4, 0.5) is 0 Å². The van der Waals surface area contributed by atoms with E-state index in [1.54, 1.807) is 12.1 Å². The Hall–Kier alpha value is -0.995. The first kappa shape index (κ1) is 7.12. The number of hydrogen-bond donors (Lipinski definition) is 2. The van der Waals surface area contributed by atoms with Crippen LogP contribution in [0.25, 0.3) is 0 Å². The molecule has 0 amide bonds. The summed E-state index contributed by atoms with van der Waals surface area (Å²) in [5.74, 6) is -0.162. The Balaban J connectivity index is 3.03. The molecule has 0 saturated carbocycles. The van der Waals surface area contributed by atoms with Gasteiger partial charge in [-0.2, -0.15) is 0 Å². The van der Waals surface area contributed by atoms with Crippen LogP contribution in [0.5, 0.6) is 5.75 Å². The summed E-state index contributed by atoms with van der Waals surface area (Å²) in [7, 11) is -1.85. The molecule has 1 radical (unpaired) electrons. The van der Waals surface area contributed by atoms with Crippen molar-refractivity contribution in [1.82, 2.24) is 0 Å². The summed E-state index contributed by atoms with van der Waals surface area (Å²) in [5, 5.41) is 27.8. The third kappa shape index (κ3) is 1.29. The standard InChI is InChI=1S/C6H6BO3/c8-6-4-2-1-3-5(6)7(9)10/h1-4,8-9H. The van der Waals surface area contributed by atoms with Gasteiger partial charge in [-0.05, 0) is 6.07 Å². The van der Waals surface area contributed by atoms with Crippen molar-refractivity contribution in [1.29, 1.82) is 0 Å². The van der Waals surface area contributed by atoms with Gasteiger partial charge in [-0.15, -0.1) is 0 Å². The van der Waals surface area contributed by atoms with E-state index >= 15 is 0 Å². The number of rotatable bonds is 1. The highest BCUT2D eigenvalue weighted by Gasteiger charge is 2.15. The molecule has 0 heterocycles. The molecule has 4 heteroatoms. The zero-order valence-corrected chi connectivity index (χ0v) is 5.19. The van der Waals surface area contributed by atoms with Crippen molar-refractivity contribution < 1.29 is 15.2 Å².